The van der Waals surface area contributed by atoms with Gasteiger partial charge in [-0.15, -0.1) is 0 Å². The molecule has 216 valence electrons. The highest BCUT2D eigenvalue weighted by molar-refractivity contribution is 5.89. The van der Waals surface area contributed by atoms with Gasteiger partial charge >= 0.3 is 5.97 Å². The highest BCUT2D eigenvalue weighted by Gasteiger charge is 2.81. The van der Waals surface area contributed by atoms with Crippen LogP contribution in [0.2, 0.25) is 0 Å². The maximum atomic E-state index is 13.1. The van der Waals surface area contributed by atoms with Gasteiger partial charge in [0.1, 0.15) is 5.60 Å². The molecule has 2 aromatic carbocycles. The molecule has 0 aromatic heterocycles. The minimum atomic E-state index is -1.11. The number of hydrogen-bond acceptors (Lipinski definition) is 7. The van der Waals surface area contributed by atoms with Crippen molar-refractivity contribution in [1.82, 2.24) is 0 Å². The third kappa shape index (κ3) is 4.08. The minimum absolute atomic E-state index is 0.0109. The third-order valence-electron chi connectivity index (χ3n) is 10.6. The van der Waals surface area contributed by atoms with Gasteiger partial charge in [0, 0.05) is 17.3 Å². The minimum Gasteiger partial charge on any atom is -0.462 e. The molecule has 4 fully saturated rings. The van der Waals surface area contributed by atoms with Crippen LogP contribution in [0.5, 0.6) is 0 Å². The molecule has 2 spiro atoms. The zero-order chi connectivity index (χ0) is 28.3. The summed E-state index contributed by atoms with van der Waals surface area (Å²) in [5.74, 6) is -2.16. The van der Waals surface area contributed by atoms with E-state index in [9.17, 15) is 15.0 Å². The number of hydrogen-bond donors (Lipinski definition) is 2. The summed E-state index contributed by atoms with van der Waals surface area (Å²) < 4.78 is 24.9. The largest absolute Gasteiger partial charge is 0.462 e. The molecule has 7 heteroatoms. The van der Waals surface area contributed by atoms with E-state index in [0.29, 0.717) is 18.8 Å². The van der Waals surface area contributed by atoms with Crippen LogP contribution in [0.25, 0.3) is 0 Å². The van der Waals surface area contributed by atoms with Crippen LogP contribution in [-0.4, -0.2) is 59.6 Å². The van der Waals surface area contributed by atoms with Crippen LogP contribution in [0.1, 0.15) is 56.5 Å². The van der Waals surface area contributed by atoms with Crippen molar-refractivity contribution in [3.8, 4) is 0 Å². The second-order valence-corrected chi connectivity index (χ2v) is 13.3. The number of carbonyl (C=O) groups is 1. The van der Waals surface area contributed by atoms with E-state index in [2.05, 4.69) is 13.8 Å². The Hall–Kier alpha value is -2.29. The van der Waals surface area contributed by atoms with E-state index in [0.717, 1.165) is 18.4 Å². The van der Waals surface area contributed by atoms with Gasteiger partial charge in [-0.3, -0.25) is 0 Å². The van der Waals surface area contributed by atoms with Crippen molar-refractivity contribution in [2.75, 3.05) is 19.8 Å². The first-order valence-corrected chi connectivity index (χ1v) is 14.6. The van der Waals surface area contributed by atoms with Crippen molar-refractivity contribution in [2.45, 2.75) is 70.7 Å². The quantitative estimate of drug-likeness (QED) is 0.487. The predicted octanol–water partition coefficient (Wildman–Crippen LogP) is 4.60. The van der Waals surface area contributed by atoms with E-state index >= 15 is 0 Å². The molecule has 1 aliphatic heterocycles. The summed E-state index contributed by atoms with van der Waals surface area (Å²) in [5.41, 5.74) is -0.604. The fraction of sp³-hybridized carbons (Fsp3) is 0.606. The highest BCUT2D eigenvalue weighted by atomic mass is 16.8. The van der Waals surface area contributed by atoms with Crippen LogP contribution in [0.15, 0.2) is 60.7 Å². The van der Waals surface area contributed by atoms with Crippen LogP contribution in [0.4, 0.5) is 0 Å². The molecule has 0 amide bonds. The standard InChI is InChI=1S/C33H42O7/c1-30(2)25-16-15-23(18-37-17-21-11-7-5-8-12-21)33(25)24(19-38-29(36)22-13-9-6-10-14-22)27(34)32(26(30)28(33)35)20-39-31(3,4)40-32/h5-14,23-28,34-35H,15-20H2,1-4H3/t23-,24-,25-,26+,27+,28+,32+,33+/m1/s1. The molecular formula is C33H42O7. The lowest BCUT2D eigenvalue weighted by Gasteiger charge is -2.56. The van der Waals surface area contributed by atoms with Gasteiger partial charge in [0.2, 0.25) is 0 Å². The Kier molecular flexibility index (Phi) is 6.91. The molecule has 2 bridgehead atoms. The van der Waals surface area contributed by atoms with Crippen molar-refractivity contribution in [1.29, 1.82) is 0 Å². The average molecular weight is 551 g/mol. The van der Waals surface area contributed by atoms with Crippen molar-refractivity contribution in [3.63, 3.8) is 0 Å². The van der Waals surface area contributed by atoms with E-state index in [-0.39, 0.29) is 36.4 Å². The van der Waals surface area contributed by atoms with Crippen LogP contribution in [0.3, 0.4) is 0 Å². The first kappa shape index (κ1) is 27.9. The molecule has 1 saturated heterocycles. The van der Waals surface area contributed by atoms with Gasteiger partial charge in [-0.2, -0.15) is 0 Å². The van der Waals surface area contributed by atoms with E-state index in [4.69, 9.17) is 18.9 Å². The summed E-state index contributed by atoms with van der Waals surface area (Å²) in [4.78, 5) is 13.1. The summed E-state index contributed by atoms with van der Waals surface area (Å²) in [6, 6.07) is 18.9. The second-order valence-electron chi connectivity index (χ2n) is 13.3. The molecule has 3 saturated carbocycles. The second kappa shape index (κ2) is 9.92. The SMILES string of the molecule is CC1(C)OC[C@@]2(O1)[C@@H](O)[C@@H](COC(=O)c1ccccc1)[C@@]13[C@@H](COCc4ccccc4)CC[C@@H]1C(C)(C)[C@@H]2[C@@H]3O. The van der Waals surface area contributed by atoms with E-state index in [1.165, 1.54) is 0 Å². The summed E-state index contributed by atoms with van der Waals surface area (Å²) in [7, 11) is 0. The molecule has 8 atom stereocenters. The lowest BCUT2D eigenvalue weighted by Crippen LogP contribution is -2.69. The smallest absolute Gasteiger partial charge is 0.338 e. The number of ether oxygens (including phenoxy) is 4. The summed E-state index contributed by atoms with van der Waals surface area (Å²) in [5, 5.41) is 24.7. The number of aliphatic hydroxyl groups is 2. The zero-order valence-electron chi connectivity index (χ0n) is 23.9. The lowest BCUT2D eigenvalue weighted by atomic mass is 9.54. The maximum Gasteiger partial charge on any atom is 0.338 e. The molecule has 1 heterocycles. The summed E-state index contributed by atoms with van der Waals surface area (Å²) in [6.07, 6.45) is 0.000906. The third-order valence-corrected chi connectivity index (χ3v) is 10.6. The molecule has 0 unspecified atom stereocenters. The normalized spacial score (nSPS) is 38.9. The Balaban J connectivity index is 1.36. The summed E-state index contributed by atoms with van der Waals surface area (Å²) >= 11 is 0. The Morgan fingerprint density at radius 1 is 0.925 bits per heavy atom. The molecule has 6 rings (SSSR count). The van der Waals surface area contributed by atoms with Gasteiger partial charge in [-0.25, -0.2) is 4.79 Å². The molecule has 4 aliphatic rings. The average Bonchev–Trinajstić information content (AvgIpc) is 3.51. The molecule has 0 radical (unpaired) electrons. The number of fused-ring (bicyclic) bond motifs is 2. The van der Waals surface area contributed by atoms with Gasteiger partial charge in [-0.05, 0) is 61.6 Å². The number of esters is 1. The maximum absolute atomic E-state index is 13.1. The Morgan fingerprint density at radius 3 is 2.25 bits per heavy atom. The fourth-order valence-electron chi connectivity index (χ4n) is 9.29. The van der Waals surface area contributed by atoms with E-state index in [1.807, 2.05) is 50.2 Å². The first-order valence-electron chi connectivity index (χ1n) is 14.6. The number of carbonyl (C=O) groups excluding carboxylic acids is 1. The lowest BCUT2D eigenvalue weighted by molar-refractivity contribution is -0.270. The Labute approximate surface area is 236 Å². The van der Waals surface area contributed by atoms with E-state index < -0.39 is 40.9 Å². The van der Waals surface area contributed by atoms with Gasteiger partial charge in [0.05, 0.1) is 44.2 Å². The van der Waals surface area contributed by atoms with Crippen LogP contribution in [0, 0.1) is 34.5 Å². The van der Waals surface area contributed by atoms with Crippen molar-refractivity contribution < 1.29 is 34.0 Å². The Morgan fingerprint density at radius 2 is 1.60 bits per heavy atom. The van der Waals surface area contributed by atoms with Crippen molar-refractivity contribution in [2.24, 2.45) is 34.5 Å². The number of benzene rings is 2. The van der Waals surface area contributed by atoms with Crippen LogP contribution < -0.4 is 0 Å². The molecule has 2 N–H and O–H groups in total. The molecule has 2 aromatic rings. The highest BCUT2D eigenvalue weighted by Crippen LogP contribution is 2.76. The topological polar surface area (TPSA) is 94.5 Å². The van der Waals surface area contributed by atoms with Crippen LogP contribution >= 0.6 is 0 Å². The molecule has 3 aliphatic carbocycles. The molecular weight excluding hydrogens is 508 g/mol. The first-order chi connectivity index (χ1) is 19.0. The van der Waals surface area contributed by atoms with Crippen LogP contribution in [-0.2, 0) is 25.6 Å². The Bertz CT molecular complexity index is 1210. The monoisotopic (exact) mass is 550 g/mol. The predicted molar refractivity (Wildman–Crippen MR) is 148 cm³/mol. The molecule has 40 heavy (non-hydrogen) atoms. The number of aliphatic hydroxyl groups excluding tert-OH is 2. The van der Waals surface area contributed by atoms with Gasteiger partial charge in [0.15, 0.2) is 5.79 Å². The van der Waals surface area contributed by atoms with Gasteiger partial charge in [-0.1, -0.05) is 62.4 Å². The van der Waals surface area contributed by atoms with Crippen molar-refractivity contribution in [3.05, 3.63) is 71.8 Å². The summed E-state index contributed by atoms with van der Waals surface area (Å²) in [6.45, 7) is 9.17. The van der Waals surface area contributed by atoms with E-state index in [1.54, 1.807) is 24.3 Å². The fourth-order valence-corrected chi connectivity index (χ4v) is 9.29. The molecule has 7 nitrogen and oxygen atoms in total. The zero-order valence-corrected chi connectivity index (χ0v) is 23.9. The van der Waals surface area contributed by atoms with Crippen molar-refractivity contribution >= 4 is 5.97 Å². The number of rotatable bonds is 7. The van der Waals surface area contributed by atoms with Gasteiger partial charge < -0.3 is 29.2 Å². The van der Waals surface area contributed by atoms with Gasteiger partial charge in [0.25, 0.3) is 0 Å².